The summed E-state index contributed by atoms with van der Waals surface area (Å²) in [5, 5.41) is 21.0. The molecule has 0 fully saturated rings. The van der Waals surface area contributed by atoms with Gasteiger partial charge in [-0.15, -0.1) is 0 Å². The van der Waals surface area contributed by atoms with E-state index in [1.165, 1.54) is 25.3 Å². The van der Waals surface area contributed by atoms with Crippen LogP contribution in [0.4, 0.5) is 0 Å². The quantitative estimate of drug-likeness (QED) is 0.343. The van der Waals surface area contributed by atoms with Gasteiger partial charge in [0, 0.05) is 12.5 Å². The highest BCUT2D eigenvalue weighted by Crippen LogP contribution is 2.26. The summed E-state index contributed by atoms with van der Waals surface area (Å²) in [6.07, 6.45) is 3.02. The Labute approximate surface area is 150 Å². The average molecular weight is 356 g/mol. The van der Waals surface area contributed by atoms with Crippen molar-refractivity contribution in [2.45, 2.75) is 12.5 Å². The lowest BCUT2D eigenvalue weighted by molar-refractivity contribution is -0.133. The van der Waals surface area contributed by atoms with Gasteiger partial charge in [-0.2, -0.15) is 0 Å². The first-order valence-corrected chi connectivity index (χ1v) is 7.87. The van der Waals surface area contributed by atoms with Gasteiger partial charge < -0.3 is 15.2 Å². The van der Waals surface area contributed by atoms with E-state index in [4.69, 9.17) is 9.94 Å². The predicted octanol–water partition coefficient (Wildman–Crippen LogP) is 1.65. The largest absolute Gasteiger partial charge is 0.504 e. The minimum absolute atomic E-state index is 0.00311. The van der Waals surface area contributed by atoms with E-state index in [0.717, 1.165) is 5.56 Å². The number of aromatic hydroxyl groups is 1. The number of hydrogen-bond acceptors (Lipinski definition) is 5. The van der Waals surface area contributed by atoms with Gasteiger partial charge in [0.1, 0.15) is 6.04 Å². The van der Waals surface area contributed by atoms with E-state index in [0.29, 0.717) is 5.56 Å². The Kier molecular flexibility index (Phi) is 6.75. The number of amides is 2. The van der Waals surface area contributed by atoms with Crippen LogP contribution in [0.5, 0.6) is 11.5 Å². The molecule has 136 valence electrons. The van der Waals surface area contributed by atoms with Gasteiger partial charge in [-0.3, -0.25) is 14.8 Å². The van der Waals surface area contributed by atoms with Crippen molar-refractivity contribution in [1.82, 2.24) is 10.8 Å². The number of benzene rings is 2. The number of hydroxylamine groups is 1. The number of nitrogens with one attached hydrogen (secondary N) is 2. The van der Waals surface area contributed by atoms with Gasteiger partial charge >= 0.3 is 0 Å². The second kappa shape index (κ2) is 9.24. The molecule has 0 heterocycles. The maximum absolute atomic E-state index is 12.1. The van der Waals surface area contributed by atoms with Crippen molar-refractivity contribution in [3.63, 3.8) is 0 Å². The summed E-state index contributed by atoms with van der Waals surface area (Å²) in [7, 11) is 1.43. The van der Waals surface area contributed by atoms with Crippen LogP contribution in [0, 0.1) is 0 Å². The molecule has 4 N–H and O–H groups in total. The summed E-state index contributed by atoms with van der Waals surface area (Å²) in [5.74, 6) is -0.922. The van der Waals surface area contributed by atoms with Crippen LogP contribution in [0.2, 0.25) is 0 Å². The molecule has 0 saturated carbocycles. The third kappa shape index (κ3) is 5.35. The third-order valence-electron chi connectivity index (χ3n) is 3.66. The van der Waals surface area contributed by atoms with Crippen molar-refractivity contribution in [1.29, 1.82) is 0 Å². The van der Waals surface area contributed by atoms with Crippen LogP contribution in [-0.2, 0) is 16.0 Å². The lowest BCUT2D eigenvalue weighted by Crippen LogP contribution is -2.46. The first-order valence-electron chi connectivity index (χ1n) is 7.87. The summed E-state index contributed by atoms with van der Waals surface area (Å²) < 4.78 is 5.00. The molecule has 0 aliphatic carbocycles. The molecule has 2 amide bonds. The van der Waals surface area contributed by atoms with Crippen molar-refractivity contribution in [2.24, 2.45) is 0 Å². The molecule has 1 atom stereocenters. The normalized spacial score (nSPS) is 11.8. The number of phenols is 1. The third-order valence-corrected chi connectivity index (χ3v) is 3.66. The van der Waals surface area contributed by atoms with Gasteiger partial charge in [-0.05, 0) is 29.3 Å². The number of ether oxygens (including phenoxy) is 1. The van der Waals surface area contributed by atoms with Crippen LogP contribution in [0.25, 0.3) is 6.08 Å². The maximum atomic E-state index is 12.1. The van der Waals surface area contributed by atoms with E-state index in [1.807, 2.05) is 30.3 Å². The van der Waals surface area contributed by atoms with E-state index in [1.54, 1.807) is 17.6 Å². The second-order valence-electron chi connectivity index (χ2n) is 5.49. The summed E-state index contributed by atoms with van der Waals surface area (Å²) in [6.45, 7) is 0. The fourth-order valence-corrected chi connectivity index (χ4v) is 2.33. The predicted molar refractivity (Wildman–Crippen MR) is 95.7 cm³/mol. The number of phenolic OH excluding ortho intramolecular Hbond substituents is 1. The van der Waals surface area contributed by atoms with Crippen molar-refractivity contribution in [3.8, 4) is 11.5 Å². The van der Waals surface area contributed by atoms with Gasteiger partial charge in [0.25, 0.3) is 5.91 Å². The van der Waals surface area contributed by atoms with E-state index < -0.39 is 17.9 Å². The van der Waals surface area contributed by atoms with E-state index in [-0.39, 0.29) is 17.9 Å². The van der Waals surface area contributed by atoms with E-state index in [9.17, 15) is 14.7 Å². The summed E-state index contributed by atoms with van der Waals surface area (Å²) in [6, 6.07) is 12.8. The molecule has 7 nitrogen and oxygen atoms in total. The lowest BCUT2D eigenvalue weighted by Gasteiger charge is -2.15. The van der Waals surface area contributed by atoms with Crippen LogP contribution in [0.15, 0.2) is 54.6 Å². The molecule has 2 aromatic carbocycles. The van der Waals surface area contributed by atoms with Crippen molar-refractivity contribution >= 4 is 17.9 Å². The van der Waals surface area contributed by atoms with Gasteiger partial charge in [0.15, 0.2) is 11.5 Å². The highest BCUT2D eigenvalue weighted by atomic mass is 16.5. The second-order valence-corrected chi connectivity index (χ2v) is 5.49. The summed E-state index contributed by atoms with van der Waals surface area (Å²) >= 11 is 0. The van der Waals surface area contributed by atoms with Crippen molar-refractivity contribution in [3.05, 3.63) is 65.7 Å². The van der Waals surface area contributed by atoms with Gasteiger partial charge in [0.05, 0.1) is 7.11 Å². The van der Waals surface area contributed by atoms with E-state index in [2.05, 4.69) is 5.32 Å². The lowest BCUT2D eigenvalue weighted by atomic mass is 10.1. The molecule has 0 aliphatic heterocycles. The van der Waals surface area contributed by atoms with Gasteiger partial charge in [0.2, 0.25) is 5.91 Å². The Morgan fingerprint density at radius 1 is 1.19 bits per heavy atom. The number of methoxy groups -OCH3 is 1. The standard InChI is InChI=1S/C19H20N2O5/c1-26-17-12-14(7-9-16(17)22)8-10-18(23)20-15(19(24)21-25)11-13-5-3-2-4-6-13/h2-10,12,15,22,25H,11H2,1H3,(H,20,23)(H,21,24)/b10-8+/t15-/m0/s1. The highest BCUT2D eigenvalue weighted by molar-refractivity contribution is 5.95. The smallest absolute Gasteiger partial charge is 0.266 e. The molecule has 0 aliphatic rings. The van der Waals surface area contributed by atoms with Crippen LogP contribution < -0.4 is 15.5 Å². The molecule has 7 heteroatoms. The molecule has 0 unspecified atom stereocenters. The monoisotopic (exact) mass is 356 g/mol. The van der Waals surface area contributed by atoms with Gasteiger partial charge in [-0.1, -0.05) is 36.4 Å². The Morgan fingerprint density at radius 2 is 1.92 bits per heavy atom. The Morgan fingerprint density at radius 3 is 2.58 bits per heavy atom. The Hall–Kier alpha value is -3.32. The molecule has 0 saturated heterocycles. The topological polar surface area (TPSA) is 108 Å². The zero-order valence-electron chi connectivity index (χ0n) is 14.2. The molecule has 0 aromatic heterocycles. The number of carbonyl (C=O) groups is 2. The molecule has 0 bridgehead atoms. The van der Waals surface area contributed by atoms with Gasteiger partial charge in [-0.25, -0.2) is 5.48 Å². The Bertz CT molecular complexity index is 790. The number of rotatable bonds is 7. The molecule has 0 spiro atoms. The molecule has 0 radical (unpaired) electrons. The average Bonchev–Trinajstić information content (AvgIpc) is 2.67. The van der Waals surface area contributed by atoms with Crippen LogP contribution in [-0.4, -0.2) is 35.3 Å². The summed E-state index contributed by atoms with van der Waals surface area (Å²) in [4.78, 5) is 23.9. The minimum Gasteiger partial charge on any atom is -0.504 e. The molecule has 2 aromatic rings. The Balaban J connectivity index is 2.05. The minimum atomic E-state index is -0.922. The number of carbonyl (C=O) groups excluding carboxylic acids is 2. The fourth-order valence-electron chi connectivity index (χ4n) is 2.33. The molecule has 2 rings (SSSR count). The maximum Gasteiger partial charge on any atom is 0.266 e. The highest BCUT2D eigenvalue weighted by Gasteiger charge is 2.19. The van der Waals surface area contributed by atoms with Crippen LogP contribution in [0.3, 0.4) is 0 Å². The zero-order chi connectivity index (χ0) is 18.9. The van der Waals surface area contributed by atoms with Crippen LogP contribution >= 0.6 is 0 Å². The zero-order valence-corrected chi connectivity index (χ0v) is 14.2. The number of hydrogen-bond donors (Lipinski definition) is 4. The fraction of sp³-hybridized carbons (Fsp3) is 0.158. The van der Waals surface area contributed by atoms with Crippen LogP contribution in [0.1, 0.15) is 11.1 Å². The molecular weight excluding hydrogens is 336 g/mol. The first-order chi connectivity index (χ1) is 12.5. The van der Waals surface area contributed by atoms with E-state index >= 15 is 0 Å². The summed E-state index contributed by atoms with van der Waals surface area (Å²) in [5.41, 5.74) is 3.04. The SMILES string of the molecule is COc1cc(/C=C/C(=O)N[C@@H](Cc2ccccc2)C(=O)NO)ccc1O. The molecule has 26 heavy (non-hydrogen) atoms. The molecular formula is C19H20N2O5. The van der Waals surface area contributed by atoms with Crippen molar-refractivity contribution in [2.75, 3.05) is 7.11 Å². The van der Waals surface area contributed by atoms with Crippen molar-refractivity contribution < 1.29 is 24.6 Å². The first kappa shape index (κ1) is 19.0.